The molecule has 0 aromatic heterocycles. The first kappa shape index (κ1) is 12.4. The predicted octanol–water partition coefficient (Wildman–Crippen LogP) is 3.36. The molecule has 1 saturated carbocycles. The van der Waals surface area contributed by atoms with Crippen molar-refractivity contribution in [2.75, 3.05) is 6.61 Å². The van der Waals surface area contributed by atoms with Crippen molar-refractivity contribution in [2.24, 2.45) is 5.92 Å². The predicted molar refractivity (Wildman–Crippen MR) is 71.3 cm³/mol. The van der Waals surface area contributed by atoms with E-state index >= 15 is 0 Å². The molecule has 0 heterocycles. The second kappa shape index (κ2) is 6.06. The van der Waals surface area contributed by atoms with E-state index in [9.17, 15) is 0 Å². The van der Waals surface area contributed by atoms with Gasteiger partial charge in [0, 0.05) is 12.6 Å². The molecule has 2 heteroatoms. The van der Waals surface area contributed by atoms with Crippen molar-refractivity contribution in [3.63, 3.8) is 0 Å². The summed E-state index contributed by atoms with van der Waals surface area (Å²) < 4.78 is 5.64. The summed E-state index contributed by atoms with van der Waals surface area (Å²) in [6, 6.07) is 9.20. The van der Waals surface area contributed by atoms with Crippen LogP contribution in [0.2, 0.25) is 0 Å². The zero-order valence-electron chi connectivity index (χ0n) is 10.9. The van der Waals surface area contributed by atoms with Crippen LogP contribution in [0.1, 0.15) is 38.7 Å². The lowest BCUT2D eigenvalue weighted by atomic mass is 10.2. The van der Waals surface area contributed by atoms with Gasteiger partial charge in [-0.05, 0) is 36.5 Å². The van der Waals surface area contributed by atoms with Gasteiger partial charge in [0.25, 0.3) is 0 Å². The smallest absolute Gasteiger partial charge is 0.119 e. The first-order valence-electron chi connectivity index (χ1n) is 6.74. The summed E-state index contributed by atoms with van der Waals surface area (Å²) in [6.45, 7) is 6.28. The molecule has 1 N–H and O–H groups in total. The normalized spacial score (nSPS) is 22.5. The zero-order chi connectivity index (χ0) is 12.1. The monoisotopic (exact) mass is 233 g/mol. The third-order valence-corrected chi connectivity index (χ3v) is 3.37. The maximum Gasteiger partial charge on any atom is 0.119 e. The Hall–Kier alpha value is -1.02. The molecule has 17 heavy (non-hydrogen) atoms. The summed E-state index contributed by atoms with van der Waals surface area (Å²) in [6.07, 6.45) is 3.64. The van der Waals surface area contributed by atoms with Crippen molar-refractivity contribution in [1.29, 1.82) is 0 Å². The molecule has 2 nitrogen and oxygen atoms in total. The first-order chi connectivity index (χ1) is 8.29. The molecule has 1 aliphatic carbocycles. The fourth-order valence-electron chi connectivity index (χ4n) is 1.89. The van der Waals surface area contributed by atoms with E-state index in [2.05, 4.69) is 43.4 Å². The number of ether oxygens (including phenoxy) is 1. The van der Waals surface area contributed by atoms with Gasteiger partial charge >= 0.3 is 0 Å². The molecule has 0 radical (unpaired) electrons. The molecule has 1 fully saturated rings. The Morgan fingerprint density at radius 2 is 2.00 bits per heavy atom. The third-order valence-electron chi connectivity index (χ3n) is 3.37. The topological polar surface area (TPSA) is 21.3 Å². The Bertz CT molecular complexity index is 333. The van der Waals surface area contributed by atoms with E-state index in [0.29, 0.717) is 0 Å². The van der Waals surface area contributed by atoms with Crippen molar-refractivity contribution in [3.8, 4) is 5.75 Å². The van der Waals surface area contributed by atoms with Gasteiger partial charge in [-0.3, -0.25) is 0 Å². The lowest BCUT2D eigenvalue weighted by Gasteiger charge is -2.07. The minimum atomic E-state index is 0.746. The van der Waals surface area contributed by atoms with Crippen molar-refractivity contribution in [2.45, 2.75) is 45.7 Å². The van der Waals surface area contributed by atoms with E-state index < -0.39 is 0 Å². The van der Waals surface area contributed by atoms with Crippen LogP contribution in [0, 0.1) is 5.92 Å². The summed E-state index contributed by atoms with van der Waals surface area (Å²) in [4.78, 5) is 0. The molecule has 0 saturated heterocycles. The lowest BCUT2D eigenvalue weighted by molar-refractivity contribution is 0.309. The number of hydrogen-bond donors (Lipinski definition) is 1. The van der Waals surface area contributed by atoms with Crippen molar-refractivity contribution >= 4 is 0 Å². The summed E-state index contributed by atoms with van der Waals surface area (Å²) in [5, 5.41) is 3.55. The minimum Gasteiger partial charge on any atom is -0.494 e. The highest BCUT2D eigenvalue weighted by Gasteiger charge is 2.31. The van der Waals surface area contributed by atoms with E-state index in [4.69, 9.17) is 4.74 Å². The van der Waals surface area contributed by atoms with E-state index in [1.54, 1.807) is 0 Å². The molecular formula is C15H23NO. The van der Waals surface area contributed by atoms with Gasteiger partial charge in [0.15, 0.2) is 0 Å². The SMILES string of the molecule is CCCCOc1ccc(CNC2CC2C)cc1. The Kier molecular flexibility index (Phi) is 4.43. The standard InChI is InChI=1S/C15H23NO/c1-3-4-9-17-14-7-5-13(6-8-14)11-16-15-10-12(15)2/h5-8,12,15-16H,3-4,9-11H2,1-2H3. The maximum atomic E-state index is 5.64. The van der Waals surface area contributed by atoms with Gasteiger partial charge in [-0.1, -0.05) is 32.4 Å². The minimum absolute atomic E-state index is 0.746. The summed E-state index contributed by atoms with van der Waals surface area (Å²) >= 11 is 0. The van der Waals surface area contributed by atoms with E-state index in [-0.39, 0.29) is 0 Å². The lowest BCUT2D eigenvalue weighted by Crippen LogP contribution is -2.16. The highest BCUT2D eigenvalue weighted by atomic mass is 16.5. The fourth-order valence-corrected chi connectivity index (χ4v) is 1.89. The quantitative estimate of drug-likeness (QED) is 0.729. The number of nitrogens with one attached hydrogen (secondary N) is 1. The summed E-state index contributed by atoms with van der Waals surface area (Å²) in [5.74, 6) is 1.86. The molecule has 0 spiro atoms. The highest BCUT2D eigenvalue weighted by Crippen LogP contribution is 2.29. The Morgan fingerprint density at radius 1 is 1.29 bits per heavy atom. The highest BCUT2D eigenvalue weighted by molar-refractivity contribution is 5.27. The number of unbranched alkanes of at least 4 members (excludes halogenated alkanes) is 1. The molecular weight excluding hydrogens is 210 g/mol. The van der Waals surface area contributed by atoms with Crippen LogP contribution in [0.4, 0.5) is 0 Å². The van der Waals surface area contributed by atoms with Gasteiger partial charge in [-0.15, -0.1) is 0 Å². The van der Waals surface area contributed by atoms with Gasteiger partial charge in [0.1, 0.15) is 5.75 Å². The summed E-state index contributed by atoms with van der Waals surface area (Å²) in [7, 11) is 0. The number of rotatable bonds is 7. The van der Waals surface area contributed by atoms with Crippen LogP contribution in [-0.2, 0) is 6.54 Å². The average Bonchev–Trinajstić information content (AvgIpc) is 3.05. The summed E-state index contributed by atoms with van der Waals surface area (Å²) in [5.41, 5.74) is 1.34. The Morgan fingerprint density at radius 3 is 2.59 bits per heavy atom. The Balaban J connectivity index is 1.72. The molecule has 2 rings (SSSR count). The average molecular weight is 233 g/mol. The molecule has 1 aromatic rings. The number of hydrogen-bond acceptors (Lipinski definition) is 2. The largest absolute Gasteiger partial charge is 0.494 e. The fraction of sp³-hybridized carbons (Fsp3) is 0.600. The van der Waals surface area contributed by atoms with E-state index in [0.717, 1.165) is 37.3 Å². The van der Waals surface area contributed by atoms with E-state index in [1.807, 2.05) is 0 Å². The van der Waals surface area contributed by atoms with Gasteiger partial charge in [-0.25, -0.2) is 0 Å². The second-order valence-corrected chi connectivity index (χ2v) is 5.05. The van der Waals surface area contributed by atoms with Crippen molar-refractivity contribution in [3.05, 3.63) is 29.8 Å². The molecule has 0 amide bonds. The molecule has 0 bridgehead atoms. The molecule has 1 aliphatic rings. The van der Waals surface area contributed by atoms with Crippen LogP contribution in [0.3, 0.4) is 0 Å². The van der Waals surface area contributed by atoms with Crippen LogP contribution in [-0.4, -0.2) is 12.6 Å². The molecule has 0 aliphatic heterocycles. The number of benzene rings is 1. The van der Waals surface area contributed by atoms with Gasteiger partial charge in [0.2, 0.25) is 0 Å². The van der Waals surface area contributed by atoms with Crippen LogP contribution >= 0.6 is 0 Å². The van der Waals surface area contributed by atoms with Gasteiger partial charge in [-0.2, -0.15) is 0 Å². The van der Waals surface area contributed by atoms with Gasteiger partial charge < -0.3 is 10.1 Å². The van der Waals surface area contributed by atoms with Crippen molar-refractivity contribution < 1.29 is 4.74 Å². The Labute approximate surface area is 104 Å². The van der Waals surface area contributed by atoms with Crippen LogP contribution in [0.5, 0.6) is 5.75 Å². The maximum absolute atomic E-state index is 5.64. The first-order valence-corrected chi connectivity index (χ1v) is 6.74. The van der Waals surface area contributed by atoms with Crippen LogP contribution in [0.15, 0.2) is 24.3 Å². The third kappa shape index (κ3) is 4.04. The molecule has 2 atom stereocenters. The molecule has 1 aromatic carbocycles. The second-order valence-electron chi connectivity index (χ2n) is 5.05. The van der Waals surface area contributed by atoms with Crippen molar-refractivity contribution in [1.82, 2.24) is 5.32 Å². The molecule has 94 valence electrons. The van der Waals surface area contributed by atoms with Gasteiger partial charge in [0.05, 0.1) is 6.61 Å². The van der Waals surface area contributed by atoms with Crippen LogP contribution < -0.4 is 10.1 Å². The zero-order valence-corrected chi connectivity index (χ0v) is 10.9. The van der Waals surface area contributed by atoms with E-state index in [1.165, 1.54) is 18.4 Å². The molecule has 2 unspecified atom stereocenters. The van der Waals surface area contributed by atoms with Crippen LogP contribution in [0.25, 0.3) is 0 Å².